The van der Waals surface area contributed by atoms with E-state index in [4.69, 9.17) is 4.74 Å². The fourth-order valence-corrected chi connectivity index (χ4v) is 3.88. The van der Waals surface area contributed by atoms with Crippen molar-refractivity contribution in [1.82, 2.24) is 15.3 Å². The van der Waals surface area contributed by atoms with Gasteiger partial charge in [0.2, 0.25) is 11.9 Å². The molecule has 0 spiro atoms. The van der Waals surface area contributed by atoms with E-state index in [2.05, 4.69) is 37.6 Å². The van der Waals surface area contributed by atoms with Crippen molar-refractivity contribution in [3.63, 3.8) is 0 Å². The molecule has 0 radical (unpaired) electrons. The fourth-order valence-electron chi connectivity index (χ4n) is 3.88. The lowest BCUT2D eigenvalue weighted by Crippen LogP contribution is -2.44. The lowest BCUT2D eigenvalue weighted by atomic mass is 9.97. The summed E-state index contributed by atoms with van der Waals surface area (Å²) in [5.74, 6) is 2.22. The molecule has 1 atom stereocenters. The van der Waals surface area contributed by atoms with Gasteiger partial charge in [0.15, 0.2) is 0 Å². The van der Waals surface area contributed by atoms with Crippen molar-refractivity contribution in [3.05, 3.63) is 72.4 Å². The van der Waals surface area contributed by atoms with Crippen LogP contribution in [0.1, 0.15) is 18.4 Å². The molecule has 2 aromatic carbocycles. The van der Waals surface area contributed by atoms with Crippen LogP contribution in [-0.4, -0.2) is 42.6 Å². The van der Waals surface area contributed by atoms with E-state index in [0.717, 1.165) is 43.1 Å². The van der Waals surface area contributed by atoms with Crippen LogP contribution >= 0.6 is 0 Å². The number of benzene rings is 2. The monoisotopic (exact) mass is 431 g/mol. The molecule has 32 heavy (non-hydrogen) atoms. The Morgan fingerprint density at radius 3 is 2.72 bits per heavy atom. The van der Waals surface area contributed by atoms with Crippen molar-refractivity contribution in [1.29, 1.82) is 0 Å². The Kier molecular flexibility index (Phi) is 7.17. The van der Waals surface area contributed by atoms with Crippen LogP contribution in [0.5, 0.6) is 5.75 Å². The molecule has 0 saturated carbocycles. The molecular weight excluding hydrogens is 402 g/mol. The van der Waals surface area contributed by atoms with Gasteiger partial charge in [-0.25, -0.2) is 4.98 Å². The highest BCUT2D eigenvalue weighted by molar-refractivity contribution is 5.79. The highest BCUT2D eigenvalue weighted by Gasteiger charge is 2.27. The first-order valence-corrected chi connectivity index (χ1v) is 11.0. The molecule has 3 aromatic rings. The number of nitrogens with one attached hydrogen (secondary N) is 2. The number of hydrogen-bond donors (Lipinski definition) is 2. The minimum absolute atomic E-state index is 0.0543. The van der Waals surface area contributed by atoms with Crippen LogP contribution in [0.15, 0.2) is 66.9 Å². The van der Waals surface area contributed by atoms with E-state index in [-0.39, 0.29) is 11.8 Å². The smallest absolute Gasteiger partial charge is 0.227 e. The van der Waals surface area contributed by atoms with Crippen molar-refractivity contribution in [3.8, 4) is 5.75 Å². The molecule has 1 unspecified atom stereocenters. The number of methoxy groups -OCH3 is 1. The van der Waals surface area contributed by atoms with Gasteiger partial charge < -0.3 is 20.3 Å². The lowest BCUT2D eigenvalue weighted by Gasteiger charge is -2.32. The second kappa shape index (κ2) is 10.6. The number of carbonyl (C=O) groups excluding carboxylic acids is 1. The molecule has 7 heteroatoms. The standard InChI is InChI=1S/C25H29N5O2/c1-32-22-11-9-21(10-12-22)28-23-14-16-27-25(29-23)30-17-5-8-20(18-30)24(31)26-15-13-19-6-3-2-4-7-19/h2-4,6-7,9-12,14,16,20H,5,8,13,15,17-18H2,1H3,(H,26,31)(H,27,28,29). The number of carbonyl (C=O) groups is 1. The summed E-state index contributed by atoms with van der Waals surface area (Å²) in [4.78, 5) is 23.9. The van der Waals surface area contributed by atoms with Crippen molar-refractivity contribution >= 4 is 23.4 Å². The maximum Gasteiger partial charge on any atom is 0.227 e. The van der Waals surface area contributed by atoms with Gasteiger partial charge in [-0.1, -0.05) is 30.3 Å². The van der Waals surface area contributed by atoms with Gasteiger partial charge in [0, 0.05) is 31.5 Å². The quantitative estimate of drug-likeness (QED) is 0.565. The largest absolute Gasteiger partial charge is 0.497 e. The summed E-state index contributed by atoms with van der Waals surface area (Å²) in [5, 5.41) is 6.40. The van der Waals surface area contributed by atoms with E-state index in [9.17, 15) is 4.79 Å². The van der Waals surface area contributed by atoms with Crippen molar-refractivity contribution in [2.75, 3.05) is 37.0 Å². The molecule has 1 aliphatic heterocycles. The van der Waals surface area contributed by atoms with E-state index in [1.54, 1.807) is 13.3 Å². The predicted octanol–water partition coefficient (Wildman–Crippen LogP) is 3.80. The van der Waals surface area contributed by atoms with Crippen LogP contribution in [0.25, 0.3) is 0 Å². The average molecular weight is 432 g/mol. The summed E-state index contributed by atoms with van der Waals surface area (Å²) in [6, 6.07) is 19.7. The predicted molar refractivity (Wildman–Crippen MR) is 126 cm³/mol. The Bertz CT molecular complexity index is 1010. The third-order valence-corrected chi connectivity index (χ3v) is 5.64. The summed E-state index contributed by atoms with van der Waals surface area (Å²) in [6.07, 6.45) is 4.41. The van der Waals surface area contributed by atoms with Gasteiger partial charge in [0.1, 0.15) is 11.6 Å². The molecule has 1 saturated heterocycles. The Hall–Kier alpha value is -3.61. The first kappa shape index (κ1) is 21.6. The van der Waals surface area contributed by atoms with E-state index in [0.29, 0.717) is 19.0 Å². The summed E-state index contributed by atoms with van der Waals surface area (Å²) in [7, 11) is 1.65. The fraction of sp³-hybridized carbons (Fsp3) is 0.320. The molecule has 1 aromatic heterocycles. The molecule has 0 aliphatic carbocycles. The van der Waals surface area contributed by atoms with Gasteiger partial charge in [0.25, 0.3) is 0 Å². The van der Waals surface area contributed by atoms with Gasteiger partial charge >= 0.3 is 0 Å². The van der Waals surface area contributed by atoms with Crippen molar-refractivity contribution < 1.29 is 9.53 Å². The summed E-state index contributed by atoms with van der Waals surface area (Å²) >= 11 is 0. The molecule has 166 valence electrons. The zero-order valence-corrected chi connectivity index (χ0v) is 18.3. The summed E-state index contributed by atoms with van der Waals surface area (Å²) in [6.45, 7) is 2.13. The van der Waals surface area contributed by atoms with E-state index < -0.39 is 0 Å². The SMILES string of the molecule is COc1ccc(Nc2ccnc(N3CCCC(C(=O)NCCc4ccccc4)C3)n2)cc1. The van der Waals surface area contributed by atoms with Crippen LogP contribution in [0.4, 0.5) is 17.5 Å². The van der Waals surface area contributed by atoms with Gasteiger partial charge in [-0.3, -0.25) is 4.79 Å². The number of aromatic nitrogens is 2. The van der Waals surface area contributed by atoms with E-state index in [1.807, 2.05) is 48.5 Å². The Morgan fingerprint density at radius 1 is 1.12 bits per heavy atom. The van der Waals surface area contributed by atoms with E-state index in [1.165, 1.54) is 5.56 Å². The minimum atomic E-state index is -0.0543. The highest BCUT2D eigenvalue weighted by atomic mass is 16.5. The second-order valence-corrected chi connectivity index (χ2v) is 7.91. The number of nitrogens with zero attached hydrogens (tertiary/aromatic N) is 3. The third-order valence-electron chi connectivity index (χ3n) is 5.64. The van der Waals surface area contributed by atoms with Crippen LogP contribution in [0.3, 0.4) is 0 Å². The molecule has 1 amide bonds. The number of anilines is 3. The molecule has 2 heterocycles. The maximum absolute atomic E-state index is 12.7. The number of hydrogen-bond acceptors (Lipinski definition) is 6. The molecule has 1 aliphatic rings. The normalized spacial score (nSPS) is 15.8. The average Bonchev–Trinajstić information content (AvgIpc) is 2.85. The van der Waals surface area contributed by atoms with Crippen molar-refractivity contribution in [2.45, 2.75) is 19.3 Å². The van der Waals surface area contributed by atoms with Gasteiger partial charge in [0.05, 0.1) is 13.0 Å². The number of piperidine rings is 1. The molecule has 0 bridgehead atoms. The zero-order chi connectivity index (χ0) is 22.2. The minimum Gasteiger partial charge on any atom is -0.497 e. The Morgan fingerprint density at radius 2 is 1.94 bits per heavy atom. The molecule has 2 N–H and O–H groups in total. The van der Waals surface area contributed by atoms with Crippen molar-refractivity contribution in [2.24, 2.45) is 5.92 Å². The van der Waals surface area contributed by atoms with Crippen LogP contribution in [0.2, 0.25) is 0 Å². The first-order chi connectivity index (χ1) is 15.7. The lowest BCUT2D eigenvalue weighted by molar-refractivity contribution is -0.125. The summed E-state index contributed by atoms with van der Waals surface area (Å²) < 4.78 is 5.20. The van der Waals surface area contributed by atoms with Gasteiger partial charge in [-0.2, -0.15) is 4.98 Å². The maximum atomic E-state index is 12.7. The van der Waals surface area contributed by atoms with Gasteiger partial charge in [-0.15, -0.1) is 0 Å². The topological polar surface area (TPSA) is 79.4 Å². The zero-order valence-electron chi connectivity index (χ0n) is 18.3. The van der Waals surface area contributed by atoms with E-state index >= 15 is 0 Å². The van der Waals surface area contributed by atoms with Crippen LogP contribution in [0, 0.1) is 5.92 Å². The Labute approximate surface area is 188 Å². The number of amides is 1. The Balaban J connectivity index is 1.33. The highest BCUT2D eigenvalue weighted by Crippen LogP contribution is 2.23. The third kappa shape index (κ3) is 5.75. The van der Waals surface area contributed by atoms with Crippen LogP contribution < -0.4 is 20.3 Å². The second-order valence-electron chi connectivity index (χ2n) is 7.91. The molecule has 7 nitrogen and oxygen atoms in total. The molecule has 1 fully saturated rings. The van der Waals surface area contributed by atoms with Crippen LogP contribution in [-0.2, 0) is 11.2 Å². The summed E-state index contributed by atoms with van der Waals surface area (Å²) in [5.41, 5.74) is 2.15. The molecule has 4 rings (SSSR count). The first-order valence-electron chi connectivity index (χ1n) is 11.0. The number of rotatable bonds is 8. The van der Waals surface area contributed by atoms with Gasteiger partial charge in [-0.05, 0) is 55.2 Å². The number of ether oxygens (including phenoxy) is 1. The molecular formula is C25H29N5O2.